The molecule has 0 saturated carbocycles. The molecule has 1 heterocycles. The monoisotopic (exact) mass is 342 g/mol. The highest BCUT2D eigenvalue weighted by Gasteiger charge is 2.23. The van der Waals surface area contributed by atoms with E-state index in [1.54, 1.807) is 11.0 Å². The van der Waals surface area contributed by atoms with E-state index < -0.39 is 5.82 Å². The van der Waals surface area contributed by atoms with Crippen molar-refractivity contribution in [3.8, 4) is 0 Å². The third-order valence-electron chi connectivity index (χ3n) is 4.03. The molecule has 0 unspecified atom stereocenters. The summed E-state index contributed by atoms with van der Waals surface area (Å²) in [7, 11) is 1.36. The summed E-state index contributed by atoms with van der Waals surface area (Å²) < 4.78 is 18.3. The van der Waals surface area contributed by atoms with Crippen molar-refractivity contribution < 1.29 is 18.7 Å². The fourth-order valence-corrected chi connectivity index (χ4v) is 2.86. The lowest BCUT2D eigenvalue weighted by molar-refractivity contribution is -0.120. The fourth-order valence-electron chi connectivity index (χ4n) is 2.63. The number of ether oxygens (including phenoxy) is 1. The maximum atomic E-state index is 13.6. The molecule has 0 atom stereocenters. The molecule has 2 amide bonds. The van der Waals surface area contributed by atoms with Crippen molar-refractivity contribution >= 4 is 23.6 Å². The molecule has 0 aromatic heterocycles. The van der Waals surface area contributed by atoms with E-state index in [0.717, 1.165) is 12.8 Å². The standard InChI is InChI=1S/C16H20ClFN2O3/c1-23-16(22)20-7-5-11(6-8-20)10-19-15(21)9-12-13(17)3-2-4-14(12)18/h2-4,11H,5-10H2,1H3,(H,19,21). The molecule has 7 heteroatoms. The Balaban J connectivity index is 1.76. The first kappa shape index (κ1) is 17.5. The van der Waals surface area contributed by atoms with E-state index >= 15 is 0 Å². The van der Waals surface area contributed by atoms with Crippen LogP contribution in [0.3, 0.4) is 0 Å². The Hall–Kier alpha value is -1.82. The number of benzene rings is 1. The summed E-state index contributed by atoms with van der Waals surface area (Å²) in [5.41, 5.74) is 0.215. The molecule has 23 heavy (non-hydrogen) atoms. The molecule has 0 radical (unpaired) electrons. The molecule has 0 bridgehead atoms. The van der Waals surface area contributed by atoms with Crippen LogP contribution >= 0.6 is 11.6 Å². The summed E-state index contributed by atoms with van der Waals surface area (Å²) in [6.07, 6.45) is 1.21. The number of likely N-dealkylation sites (tertiary alicyclic amines) is 1. The molecular formula is C16H20ClFN2O3. The second-order valence-corrected chi connectivity index (χ2v) is 5.99. The SMILES string of the molecule is COC(=O)N1CCC(CNC(=O)Cc2c(F)cccc2Cl)CC1. The van der Waals surface area contributed by atoms with Gasteiger partial charge in [-0.25, -0.2) is 9.18 Å². The number of hydrogen-bond donors (Lipinski definition) is 1. The molecule has 126 valence electrons. The van der Waals surface area contributed by atoms with Gasteiger partial charge in [-0.2, -0.15) is 0 Å². The van der Waals surface area contributed by atoms with Gasteiger partial charge < -0.3 is 15.0 Å². The van der Waals surface area contributed by atoms with Crippen molar-refractivity contribution in [1.82, 2.24) is 10.2 Å². The van der Waals surface area contributed by atoms with Crippen LogP contribution in [0.2, 0.25) is 5.02 Å². The summed E-state index contributed by atoms with van der Waals surface area (Å²) in [6, 6.07) is 4.36. The molecule has 1 aromatic rings. The van der Waals surface area contributed by atoms with Crippen molar-refractivity contribution in [2.24, 2.45) is 5.92 Å². The Bertz CT molecular complexity index is 554. The smallest absolute Gasteiger partial charge is 0.409 e. The molecule has 5 nitrogen and oxygen atoms in total. The Morgan fingerprint density at radius 3 is 2.70 bits per heavy atom. The number of hydrogen-bond acceptors (Lipinski definition) is 3. The van der Waals surface area contributed by atoms with E-state index in [2.05, 4.69) is 10.1 Å². The Morgan fingerprint density at radius 1 is 1.39 bits per heavy atom. The molecule has 2 rings (SSSR count). The van der Waals surface area contributed by atoms with Gasteiger partial charge in [0.1, 0.15) is 5.82 Å². The van der Waals surface area contributed by atoms with Gasteiger partial charge in [0.15, 0.2) is 0 Å². The van der Waals surface area contributed by atoms with E-state index in [4.69, 9.17) is 11.6 Å². The Morgan fingerprint density at radius 2 is 2.09 bits per heavy atom. The number of amides is 2. The van der Waals surface area contributed by atoms with E-state index in [1.165, 1.54) is 19.2 Å². The van der Waals surface area contributed by atoms with E-state index in [1.807, 2.05) is 0 Å². The largest absolute Gasteiger partial charge is 0.453 e. The number of nitrogens with one attached hydrogen (secondary N) is 1. The van der Waals surface area contributed by atoms with E-state index in [9.17, 15) is 14.0 Å². The highest BCUT2D eigenvalue weighted by Crippen LogP contribution is 2.20. The van der Waals surface area contributed by atoms with Crippen LogP contribution in [0, 0.1) is 11.7 Å². The Labute approximate surface area is 139 Å². The summed E-state index contributed by atoms with van der Waals surface area (Å²) in [4.78, 5) is 25.0. The number of piperidine rings is 1. The van der Waals surface area contributed by atoms with Crippen LogP contribution in [0.4, 0.5) is 9.18 Å². The van der Waals surface area contributed by atoms with Gasteiger partial charge >= 0.3 is 6.09 Å². The second kappa shape index (κ2) is 8.15. The van der Waals surface area contributed by atoms with E-state index in [0.29, 0.717) is 25.6 Å². The van der Waals surface area contributed by atoms with Gasteiger partial charge in [-0.15, -0.1) is 0 Å². The minimum absolute atomic E-state index is 0.0769. The fraction of sp³-hybridized carbons (Fsp3) is 0.500. The maximum Gasteiger partial charge on any atom is 0.409 e. The van der Waals surface area contributed by atoms with Gasteiger partial charge in [-0.1, -0.05) is 17.7 Å². The van der Waals surface area contributed by atoms with Gasteiger partial charge in [0.05, 0.1) is 13.5 Å². The minimum atomic E-state index is -0.473. The zero-order chi connectivity index (χ0) is 16.8. The van der Waals surface area contributed by atoms with E-state index in [-0.39, 0.29) is 29.0 Å². The van der Waals surface area contributed by atoms with Gasteiger partial charge in [-0.05, 0) is 30.9 Å². The summed E-state index contributed by atoms with van der Waals surface area (Å²) in [6.45, 7) is 1.75. The zero-order valence-corrected chi connectivity index (χ0v) is 13.7. The van der Waals surface area contributed by atoms with Crippen LogP contribution in [-0.4, -0.2) is 43.6 Å². The van der Waals surface area contributed by atoms with Gasteiger partial charge in [0, 0.05) is 30.2 Å². The first-order valence-corrected chi connectivity index (χ1v) is 7.91. The molecule has 1 aliphatic heterocycles. The first-order chi connectivity index (χ1) is 11.0. The molecule has 1 aliphatic rings. The lowest BCUT2D eigenvalue weighted by Crippen LogP contribution is -2.41. The molecule has 0 spiro atoms. The van der Waals surface area contributed by atoms with Crippen molar-refractivity contribution in [3.05, 3.63) is 34.6 Å². The second-order valence-electron chi connectivity index (χ2n) is 5.58. The third kappa shape index (κ3) is 4.82. The normalized spacial score (nSPS) is 15.3. The number of carbonyl (C=O) groups is 2. The molecule has 1 N–H and O–H groups in total. The van der Waals surface area contributed by atoms with Crippen molar-refractivity contribution in [3.63, 3.8) is 0 Å². The van der Waals surface area contributed by atoms with Crippen LogP contribution < -0.4 is 5.32 Å². The molecule has 1 aromatic carbocycles. The highest BCUT2D eigenvalue weighted by atomic mass is 35.5. The number of methoxy groups -OCH3 is 1. The number of halogens is 2. The number of rotatable bonds is 4. The lowest BCUT2D eigenvalue weighted by Gasteiger charge is -2.30. The summed E-state index contributed by atoms with van der Waals surface area (Å²) >= 11 is 5.91. The van der Waals surface area contributed by atoms with Crippen molar-refractivity contribution in [2.75, 3.05) is 26.7 Å². The first-order valence-electron chi connectivity index (χ1n) is 7.53. The van der Waals surface area contributed by atoms with Crippen LogP contribution in [-0.2, 0) is 16.0 Å². The van der Waals surface area contributed by atoms with Crippen molar-refractivity contribution in [2.45, 2.75) is 19.3 Å². The average Bonchev–Trinajstić information content (AvgIpc) is 2.56. The Kier molecular flexibility index (Phi) is 6.21. The molecule has 1 saturated heterocycles. The zero-order valence-electron chi connectivity index (χ0n) is 13.0. The lowest BCUT2D eigenvalue weighted by atomic mass is 9.97. The molecule has 1 fully saturated rings. The average molecular weight is 343 g/mol. The maximum absolute atomic E-state index is 13.6. The quantitative estimate of drug-likeness (QED) is 0.915. The highest BCUT2D eigenvalue weighted by molar-refractivity contribution is 6.31. The third-order valence-corrected chi connectivity index (χ3v) is 4.39. The van der Waals surface area contributed by atoms with Gasteiger partial charge in [0.2, 0.25) is 5.91 Å². The molecular weight excluding hydrogens is 323 g/mol. The molecule has 0 aliphatic carbocycles. The predicted molar refractivity (Wildman–Crippen MR) is 84.8 cm³/mol. The topological polar surface area (TPSA) is 58.6 Å². The van der Waals surface area contributed by atoms with Crippen LogP contribution in [0.1, 0.15) is 18.4 Å². The number of nitrogens with zero attached hydrogens (tertiary/aromatic N) is 1. The number of carbonyl (C=O) groups excluding carboxylic acids is 2. The van der Waals surface area contributed by atoms with Crippen LogP contribution in [0.25, 0.3) is 0 Å². The van der Waals surface area contributed by atoms with Crippen LogP contribution in [0.5, 0.6) is 0 Å². The van der Waals surface area contributed by atoms with Crippen molar-refractivity contribution in [1.29, 1.82) is 0 Å². The minimum Gasteiger partial charge on any atom is -0.453 e. The summed E-state index contributed by atoms with van der Waals surface area (Å²) in [5.74, 6) is -0.428. The summed E-state index contributed by atoms with van der Waals surface area (Å²) in [5, 5.41) is 3.07. The van der Waals surface area contributed by atoms with Gasteiger partial charge in [0.25, 0.3) is 0 Å². The van der Waals surface area contributed by atoms with Crippen LogP contribution in [0.15, 0.2) is 18.2 Å². The predicted octanol–water partition coefficient (Wildman–Crippen LogP) is 2.62. The van der Waals surface area contributed by atoms with Gasteiger partial charge in [-0.3, -0.25) is 4.79 Å².